The summed E-state index contributed by atoms with van der Waals surface area (Å²) in [4.78, 5) is 12.6. The van der Waals surface area contributed by atoms with Crippen LogP contribution in [0, 0.1) is 17.5 Å². The highest BCUT2D eigenvalue weighted by molar-refractivity contribution is 5.91. The quantitative estimate of drug-likeness (QED) is 0.0888. The van der Waals surface area contributed by atoms with Gasteiger partial charge in [0.1, 0.15) is 5.75 Å². The van der Waals surface area contributed by atoms with E-state index in [1.165, 1.54) is 48.5 Å². The normalized spacial score (nSPS) is 11.6. The van der Waals surface area contributed by atoms with Gasteiger partial charge >= 0.3 is 5.97 Å². The van der Waals surface area contributed by atoms with Crippen LogP contribution in [0.3, 0.4) is 0 Å². The van der Waals surface area contributed by atoms with E-state index in [4.69, 9.17) is 9.47 Å². The number of hydrogen-bond acceptors (Lipinski definition) is 4. The summed E-state index contributed by atoms with van der Waals surface area (Å²) < 4.78 is 55.0. The van der Waals surface area contributed by atoms with Gasteiger partial charge in [0, 0.05) is 17.2 Å². The lowest BCUT2D eigenvalue weighted by molar-refractivity contribution is 0.0734. The van der Waals surface area contributed by atoms with Crippen LogP contribution in [0.1, 0.15) is 48.2 Å². The minimum Gasteiger partial charge on any atom is -0.490 e. The number of halogens is 3. The second-order valence-corrected chi connectivity index (χ2v) is 9.20. The van der Waals surface area contributed by atoms with Crippen molar-refractivity contribution in [2.45, 2.75) is 32.3 Å². The first-order chi connectivity index (χ1) is 19.3. The second kappa shape index (κ2) is 13.1. The van der Waals surface area contributed by atoms with Crippen LogP contribution in [0.2, 0.25) is 0 Å². The maximum atomic E-state index is 15.1. The molecule has 0 aliphatic carbocycles. The van der Waals surface area contributed by atoms with Gasteiger partial charge in [-0.1, -0.05) is 68.0 Å². The highest BCUT2D eigenvalue weighted by Crippen LogP contribution is 2.33. The molecule has 0 heterocycles. The largest absolute Gasteiger partial charge is 0.490 e. The van der Waals surface area contributed by atoms with Gasteiger partial charge in [-0.05, 0) is 53.8 Å². The Bertz CT molecular complexity index is 1480. The summed E-state index contributed by atoms with van der Waals surface area (Å²) in [5, 5.41) is 10.1. The standard InChI is InChI=1S/C33H29F3O4/c1-3-5-19-39-30-18-15-25(20-28(30)34)40-33(38)24-13-9-22(10-14-24)27-17-16-26(31(35)32(27)36)21-7-11-23(12-8-21)29(37)6-4-2/h3,7-18,20,29,37H,1,4-6,19H2,2H3. The molecule has 0 fully saturated rings. The molecule has 40 heavy (non-hydrogen) atoms. The summed E-state index contributed by atoms with van der Waals surface area (Å²) >= 11 is 0. The van der Waals surface area contributed by atoms with E-state index in [0.717, 1.165) is 18.1 Å². The molecular formula is C33H29F3O4. The minimum absolute atomic E-state index is 0.000688. The van der Waals surface area contributed by atoms with E-state index in [1.807, 2.05) is 6.92 Å². The van der Waals surface area contributed by atoms with E-state index < -0.39 is 29.5 Å². The van der Waals surface area contributed by atoms with Crippen molar-refractivity contribution in [1.82, 2.24) is 0 Å². The zero-order valence-corrected chi connectivity index (χ0v) is 22.0. The molecule has 0 aliphatic rings. The molecule has 0 spiro atoms. The summed E-state index contributed by atoms with van der Waals surface area (Å²) in [6.07, 6.45) is 3.06. The van der Waals surface area contributed by atoms with Crippen LogP contribution in [-0.4, -0.2) is 17.7 Å². The van der Waals surface area contributed by atoms with Gasteiger partial charge in [-0.15, -0.1) is 6.58 Å². The fourth-order valence-electron chi connectivity index (χ4n) is 4.19. The molecule has 1 unspecified atom stereocenters. The van der Waals surface area contributed by atoms with Crippen LogP contribution in [0.25, 0.3) is 22.3 Å². The molecule has 0 saturated carbocycles. The Labute approximate surface area is 231 Å². The molecule has 1 N–H and O–H groups in total. The molecule has 0 bridgehead atoms. The Kier molecular flexibility index (Phi) is 9.40. The molecule has 4 nitrogen and oxygen atoms in total. The predicted molar refractivity (Wildman–Crippen MR) is 149 cm³/mol. The van der Waals surface area contributed by atoms with Gasteiger partial charge < -0.3 is 14.6 Å². The third kappa shape index (κ3) is 6.61. The van der Waals surface area contributed by atoms with E-state index in [-0.39, 0.29) is 34.8 Å². The van der Waals surface area contributed by atoms with E-state index in [9.17, 15) is 14.3 Å². The Morgan fingerprint density at radius 2 is 1.50 bits per heavy atom. The van der Waals surface area contributed by atoms with Crippen molar-refractivity contribution >= 4 is 5.97 Å². The lowest BCUT2D eigenvalue weighted by atomic mass is 9.96. The maximum Gasteiger partial charge on any atom is 0.343 e. The number of hydrogen-bond donors (Lipinski definition) is 1. The summed E-state index contributed by atoms with van der Waals surface area (Å²) in [6, 6.07) is 19.3. The summed E-state index contributed by atoms with van der Waals surface area (Å²) in [6.45, 7) is 5.82. The first-order valence-electron chi connectivity index (χ1n) is 12.9. The monoisotopic (exact) mass is 546 g/mol. The van der Waals surface area contributed by atoms with Gasteiger partial charge in [-0.25, -0.2) is 18.0 Å². The van der Waals surface area contributed by atoms with E-state index in [1.54, 1.807) is 30.3 Å². The van der Waals surface area contributed by atoms with Crippen LogP contribution >= 0.6 is 0 Å². The first kappa shape index (κ1) is 28.6. The molecule has 0 radical (unpaired) electrons. The van der Waals surface area contributed by atoms with Gasteiger partial charge in [0.15, 0.2) is 23.2 Å². The Morgan fingerprint density at radius 1 is 0.900 bits per heavy atom. The number of carbonyl (C=O) groups excluding carboxylic acids is 1. The maximum absolute atomic E-state index is 15.1. The molecule has 4 rings (SSSR count). The van der Waals surface area contributed by atoms with Gasteiger partial charge in [0.25, 0.3) is 0 Å². The third-order valence-electron chi connectivity index (χ3n) is 6.38. The van der Waals surface area contributed by atoms with Crippen LogP contribution in [-0.2, 0) is 0 Å². The van der Waals surface area contributed by atoms with Gasteiger partial charge in [0.05, 0.1) is 18.3 Å². The molecule has 4 aromatic carbocycles. The number of esters is 1. The molecular weight excluding hydrogens is 517 g/mol. The third-order valence-corrected chi connectivity index (χ3v) is 6.38. The Balaban J connectivity index is 1.47. The molecule has 0 aliphatic heterocycles. The molecule has 0 saturated heterocycles. The highest BCUT2D eigenvalue weighted by atomic mass is 19.2. The molecule has 206 valence electrons. The molecule has 1 atom stereocenters. The van der Waals surface area contributed by atoms with Gasteiger partial charge in [0.2, 0.25) is 0 Å². The van der Waals surface area contributed by atoms with Crippen molar-refractivity contribution in [2.24, 2.45) is 0 Å². The lowest BCUT2D eigenvalue weighted by Crippen LogP contribution is -2.08. The van der Waals surface area contributed by atoms with Crippen LogP contribution in [0.5, 0.6) is 11.5 Å². The topological polar surface area (TPSA) is 55.8 Å². The number of aliphatic hydroxyl groups excluding tert-OH is 1. The zero-order chi connectivity index (χ0) is 28.6. The molecule has 0 aromatic heterocycles. The first-order valence-corrected chi connectivity index (χ1v) is 12.9. The fraction of sp³-hybridized carbons (Fsp3) is 0.182. The second-order valence-electron chi connectivity index (χ2n) is 9.20. The van der Waals surface area contributed by atoms with Crippen molar-refractivity contribution < 1.29 is 32.5 Å². The van der Waals surface area contributed by atoms with Crippen molar-refractivity contribution in [1.29, 1.82) is 0 Å². The van der Waals surface area contributed by atoms with Crippen molar-refractivity contribution in [3.8, 4) is 33.8 Å². The van der Waals surface area contributed by atoms with Gasteiger partial charge in [-0.2, -0.15) is 0 Å². The van der Waals surface area contributed by atoms with Crippen molar-refractivity contribution in [3.05, 3.63) is 120 Å². The number of carbonyl (C=O) groups is 1. The van der Waals surface area contributed by atoms with Gasteiger partial charge in [-0.3, -0.25) is 0 Å². The molecule has 0 amide bonds. The Morgan fingerprint density at radius 3 is 2.05 bits per heavy atom. The van der Waals surface area contributed by atoms with Crippen molar-refractivity contribution in [3.63, 3.8) is 0 Å². The highest BCUT2D eigenvalue weighted by Gasteiger charge is 2.18. The molecule has 7 heteroatoms. The van der Waals surface area contributed by atoms with E-state index >= 15 is 8.78 Å². The summed E-state index contributed by atoms with van der Waals surface area (Å²) in [5.41, 5.74) is 1.86. The summed E-state index contributed by atoms with van der Waals surface area (Å²) in [7, 11) is 0. The molecule has 4 aromatic rings. The van der Waals surface area contributed by atoms with Crippen molar-refractivity contribution in [2.75, 3.05) is 6.61 Å². The number of benzene rings is 4. The smallest absolute Gasteiger partial charge is 0.343 e. The van der Waals surface area contributed by atoms with Crippen LogP contribution < -0.4 is 9.47 Å². The predicted octanol–water partition coefficient (Wildman–Crippen LogP) is 8.45. The number of rotatable bonds is 11. The Hall–Kier alpha value is -4.36. The SMILES string of the molecule is C=CCCOc1ccc(OC(=O)c2ccc(-c3ccc(-c4ccc(C(O)CCC)cc4)c(F)c3F)cc2)cc1F. The summed E-state index contributed by atoms with van der Waals surface area (Å²) in [5.74, 6) is -3.39. The number of aliphatic hydroxyl groups is 1. The number of ether oxygens (including phenoxy) is 2. The lowest BCUT2D eigenvalue weighted by Gasteiger charge is -2.12. The van der Waals surface area contributed by atoms with Crippen LogP contribution in [0.15, 0.2) is 91.5 Å². The van der Waals surface area contributed by atoms with Crippen LogP contribution in [0.4, 0.5) is 13.2 Å². The fourth-order valence-corrected chi connectivity index (χ4v) is 4.19. The van der Waals surface area contributed by atoms with E-state index in [2.05, 4.69) is 6.58 Å². The minimum atomic E-state index is -1.02. The van der Waals surface area contributed by atoms with E-state index in [0.29, 0.717) is 24.0 Å². The average molecular weight is 547 g/mol. The average Bonchev–Trinajstić information content (AvgIpc) is 2.96. The zero-order valence-electron chi connectivity index (χ0n) is 22.0.